The molecular weight excluding hydrogens is 393 g/mol. The van der Waals surface area contributed by atoms with Crippen molar-refractivity contribution in [2.75, 3.05) is 60.2 Å². The Balaban J connectivity index is 0.00000182. The van der Waals surface area contributed by atoms with E-state index in [4.69, 9.17) is 14.2 Å². The highest BCUT2D eigenvalue weighted by Crippen LogP contribution is 2.25. The molecule has 2 fully saturated rings. The lowest BCUT2D eigenvalue weighted by Crippen LogP contribution is -2.57. The number of nitrogens with zero attached hydrogens (tertiary/aromatic N) is 2. The van der Waals surface area contributed by atoms with Gasteiger partial charge in [-0.2, -0.15) is 0 Å². The number of hydrogen-bond acceptors (Lipinski definition) is 6. The standard InChI is InChI=1S/C18H27N3O4.2ClH/c1-23-15-3-4-17(24-2)14(11-15)12-20-6-8-21(9-7-20)18(22)16-13-25-10-5-19-16;;/h3-4,11,16,19H,5-10,12-13H2,1-2H3;2*1H. The Labute approximate surface area is 173 Å². The second-order valence-corrected chi connectivity index (χ2v) is 6.36. The summed E-state index contributed by atoms with van der Waals surface area (Å²) >= 11 is 0. The molecule has 27 heavy (non-hydrogen) atoms. The van der Waals surface area contributed by atoms with E-state index >= 15 is 0 Å². The van der Waals surface area contributed by atoms with Gasteiger partial charge in [0, 0.05) is 44.8 Å². The summed E-state index contributed by atoms with van der Waals surface area (Å²) in [6.45, 7) is 5.85. The molecule has 1 aromatic rings. The average Bonchev–Trinajstić information content (AvgIpc) is 2.68. The maximum atomic E-state index is 12.5. The van der Waals surface area contributed by atoms with Crippen LogP contribution in [0.5, 0.6) is 11.5 Å². The maximum Gasteiger partial charge on any atom is 0.242 e. The number of rotatable bonds is 5. The van der Waals surface area contributed by atoms with Crippen LogP contribution in [0.1, 0.15) is 5.56 Å². The third-order valence-electron chi connectivity index (χ3n) is 4.79. The van der Waals surface area contributed by atoms with Crippen molar-refractivity contribution in [2.24, 2.45) is 0 Å². The molecule has 2 aliphatic heterocycles. The molecule has 0 radical (unpaired) electrons. The van der Waals surface area contributed by atoms with Gasteiger partial charge >= 0.3 is 0 Å². The molecule has 7 nitrogen and oxygen atoms in total. The SMILES string of the molecule is COc1ccc(OC)c(CN2CCN(C(=O)C3COCCN3)CC2)c1.Cl.Cl. The van der Waals surface area contributed by atoms with E-state index in [0.717, 1.165) is 56.3 Å². The zero-order valence-corrected chi connectivity index (χ0v) is 17.4. The molecule has 3 rings (SSSR count). The highest BCUT2D eigenvalue weighted by Gasteiger charge is 2.29. The van der Waals surface area contributed by atoms with Crippen LogP contribution >= 0.6 is 24.8 Å². The molecule has 0 aliphatic carbocycles. The molecule has 1 atom stereocenters. The molecule has 0 saturated carbocycles. The van der Waals surface area contributed by atoms with Crippen LogP contribution in [0.25, 0.3) is 0 Å². The van der Waals surface area contributed by atoms with Crippen molar-refractivity contribution in [1.29, 1.82) is 0 Å². The molecule has 1 aromatic carbocycles. The van der Waals surface area contributed by atoms with Gasteiger partial charge in [-0.1, -0.05) is 0 Å². The van der Waals surface area contributed by atoms with Gasteiger partial charge in [-0.3, -0.25) is 9.69 Å². The number of carbonyl (C=O) groups excluding carboxylic acids is 1. The fourth-order valence-corrected chi connectivity index (χ4v) is 3.32. The zero-order valence-electron chi connectivity index (χ0n) is 15.8. The monoisotopic (exact) mass is 421 g/mol. The first-order chi connectivity index (χ1) is 12.2. The lowest BCUT2D eigenvalue weighted by Gasteiger charge is -2.37. The van der Waals surface area contributed by atoms with Crippen LogP contribution in [0.2, 0.25) is 0 Å². The van der Waals surface area contributed by atoms with E-state index in [2.05, 4.69) is 10.2 Å². The maximum absolute atomic E-state index is 12.5. The van der Waals surface area contributed by atoms with Crippen LogP contribution < -0.4 is 14.8 Å². The largest absolute Gasteiger partial charge is 0.497 e. The minimum atomic E-state index is -0.196. The van der Waals surface area contributed by atoms with Gasteiger partial charge in [0.2, 0.25) is 5.91 Å². The van der Waals surface area contributed by atoms with Gasteiger partial charge in [0.25, 0.3) is 0 Å². The molecule has 1 unspecified atom stereocenters. The summed E-state index contributed by atoms with van der Waals surface area (Å²) in [6.07, 6.45) is 0. The van der Waals surface area contributed by atoms with Gasteiger partial charge in [-0.15, -0.1) is 24.8 Å². The molecule has 1 amide bonds. The van der Waals surface area contributed by atoms with Crippen molar-refractivity contribution in [3.63, 3.8) is 0 Å². The predicted octanol–water partition coefficient (Wildman–Crippen LogP) is 1.18. The Morgan fingerprint density at radius 2 is 1.93 bits per heavy atom. The number of halogens is 2. The predicted molar refractivity (Wildman–Crippen MR) is 109 cm³/mol. The van der Waals surface area contributed by atoms with Crippen molar-refractivity contribution in [3.8, 4) is 11.5 Å². The van der Waals surface area contributed by atoms with Crippen molar-refractivity contribution >= 4 is 30.7 Å². The Morgan fingerprint density at radius 3 is 2.52 bits per heavy atom. The van der Waals surface area contributed by atoms with E-state index in [1.165, 1.54) is 0 Å². The quantitative estimate of drug-likeness (QED) is 0.769. The summed E-state index contributed by atoms with van der Waals surface area (Å²) in [4.78, 5) is 16.8. The lowest BCUT2D eigenvalue weighted by molar-refractivity contribution is -0.138. The van der Waals surface area contributed by atoms with Crippen molar-refractivity contribution in [3.05, 3.63) is 23.8 Å². The summed E-state index contributed by atoms with van der Waals surface area (Å²) in [7, 11) is 3.35. The number of piperazine rings is 1. The zero-order chi connectivity index (χ0) is 17.6. The summed E-state index contributed by atoms with van der Waals surface area (Å²) in [5, 5.41) is 3.23. The minimum absolute atomic E-state index is 0. The number of ether oxygens (including phenoxy) is 3. The van der Waals surface area contributed by atoms with Crippen molar-refractivity contribution < 1.29 is 19.0 Å². The number of carbonyl (C=O) groups is 1. The van der Waals surface area contributed by atoms with E-state index in [1.54, 1.807) is 14.2 Å². The van der Waals surface area contributed by atoms with E-state index in [1.807, 2.05) is 23.1 Å². The normalized spacial score (nSPS) is 20.2. The molecule has 2 saturated heterocycles. The first-order valence-corrected chi connectivity index (χ1v) is 8.74. The number of hydrogen-bond donors (Lipinski definition) is 1. The molecule has 154 valence electrons. The number of benzene rings is 1. The summed E-state index contributed by atoms with van der Waals surface area (Å²) in [6, 6.07) is 5.65. The van der Waals surface area contributed by atoms with Gasteiger partial charge in [-0.05, 0) is 18.2 Å². The Kier molecular flexibility index (Phi) is 10.2. The molecule has 0 spiro atoms. The Hall–Kier alpha value is -1.25. The molecule has 0 bridgehead atoms. The lowest BCUT2D eigenvalue weighted by atomic mass is 10.1. The first-order valence-electron chi connectivity index (χ1n) is 8.74. The fourth-order valence-electron chi connectivity index (χ4n) is 3.32. The topological polar surface area (TPSA) is 63.3 Å². The molecular formula is C18H29Cl2N3O4. The third kappa shape index (κ3) is 6.12. The summed E-state index contributed by atoms with van der Waals surface area (Å²) < 4.78 is 16.2. The minimum Gasteiger partial charge on any atom is -0.497 e. The Bertz CT molecular complexity index is 592. The first kappa shape index (κ1) is 23.8. The summed E-state index contributed by atoms with van der Waals surface area (Å²) in [5.74, 6) is 1.84. The van der Waals surface area contributed by atoms with E-state index in [0.29, 0.717) is 13.2 Å². The van der Waals surface area contributed by atoms with Gasteiger partial charge in [-0.25, -0.2) is 0 Å². The van der Waals surface area contributed by atoms with Gasteiger partial charge in [0.15, 0.2) is 0 Å². The van der Waals surface area contributed by atoms with E-state index < -0.39 is 0 Å². The molecule has 2 aliphatic rings. The van der Waals surface area contributed by atoms with Gasteiger partial charge < -0.3 is 24.4 Å². The van der Waals surface area contributed by atoms with Crippen LogP contribution in [-0.4, -0.2) is 81.9 Å². The molecule has 9 heteroatoms. The molecule has 0 aromatic heterocycles. The molecule has 1 N–H and O–H groups in total. The van der Waals surface area contributed by atoms with Crippen LogP contribution in [-0.2, 0) is 16.1 Å². The third-order valence-corrected chi connectivity index (χ3v) is 4.79. The molecule has 2 heterocycles. The second kappa shape index (κ2) is 11.6. The highest BCUT2D eigenvalue weighted by atomic mass is 35.5. The highest BCUT2D eigenvalue weighted by molar-refractivity contribution is 5.85. The van der Waals surface area contributed by atoms with E-state index in [-0.39, 0.29) is 36.8 Å². The Morgan fingerprint density at radius 1 is 1.19 bits per heavy atom. The smallest absolute Gasteiger partial charge is 0.242 e. The van der Waals surface area contributed by atoms with Crippen molar-refractivity contribution in [1.82, 2.24) is 15.1 Å². The van der Waals surface area contributed by atoms with E-state index in [9.17, 15) is 4.79 Å². The number of morpholine rings is 1. The van der Waals surface area contributed by atoms with Crippen LogP contribution in [0.3, 0.4) is 0 Å². The van der Waals surface area contributed by atoms with Crippen LogP contribution in [0.4, 0.5) is 0 Å². The van der Waals surface area contributed by atoms with Gasteiger partial charge in [0.05, 0.1) is 27.4 Å². The second-order valence-electron chi connectivity index (χ2n) is 6.36. The average molecular weight is 422 g/mol. The fraction of sp³-hybridized carbons (Fsp3) is 0.611. The number of nitrogens with one attached hydrogen (secondary N) is 1. The van der Waals surface area contributed by atoms with Gasteiger partial charge in [0.1, 0.15) is 17.5 Å². The van der Waals surface area contributed by atoms with Crippen molar-refractivity contribution in [2.45, 2.75) is 12.6 Å². The van der Waals surface area contributed by atoms with Crippen LogP contribution in [0.15, 0.2) is 18.2 Å². The van der Waals surface area contributed by atoms with Crippen LogP contribution in [0, 0.1) is 0 Å². The summed E-state index contributed by atoms with van der Waals surface area (Å²) in [5.41, 5.74) is 1.10. The number of amides is 1. The number of methoxy groups -OCH3 is 2.